The van der Waals surface area contributed by atoms with Crippen molar-refractivity contribution in [3.8, 4) is 0 Å². The second kappa shape index (κ2) is 8.93. The van der Waals surface area contributed by atoms with Gasteiger partial charge in [0.1, 0.15) is 0 Å². The van der Waals surface area contributed by atoms with E-state index >= 15 is 0 Å². The van der Waals surface area contributed by atoms with E-state index in [0.717, 1.165) is 11.8 Å². The molecule has 1 aliphatic rings. The molecule has 3 nitrogen and oxygen atoms in total. The highest BCUT2D eigenvalue weighted by atomic mass is 15.1. The molecule has 0 radical (unpaired) electrons. The lowest BCUT2D eigenvalue weighted by atomic mass is 9.96. The second-order valence-corrected chi connectivity index (χ2v) is 6.98. The smallest absolute Gasteiger partial charge is 0.00104 e. The van der Waals surface area contributed by atoms with Crippen molar-refractivity contribution in [3.05, 3.63) is 0 Å². The van der Waals surface area contributed by atoms with E-state index in [4.69, 9.17) is 5.73 Å². The van der Waals surface area contributed by atoms with E-state index in [1.165, 1.54) is 58.3 Å². The molecule has 114 valence electrons. The second-order valence-electron chi connectivity index (χ2n) is 6.98. The summed E-state index contributed by atoms with van der Waals surface area (Å²) in [7, 11) is 4.53. The van der Waals surface area contributed by atoms with Gasteiger partial charge < -0.3 is 15.5 Å². The van der Waals surface area contributed by atoms with E-state index in [0.29, 0.717) is 6.04 Å². The van der Waals surface area contributed by atoms with Crippen LogP contribution in [-0.4, -0.2) is 56.1 Å². The number of hydrogen-bond donors (Lipinski definition) is 1. The molecule has 0 amide bonds. The van der Waals surface area contributed by atoms with Crippen LogP contribution < -0.4 is 5.73 Å². The van der Waals surface area contributed by atoms with Crippen LogP contribution in [0.4, 0.5) is 0 Å². The van der Waals surface area contributed by atoms with E-state index in [-0.39, 0.29) is 0 Å². The van der Waals surface area contributed by atoms with E-state index in [1.807, 2.05) is 0 Å². The summed E-state index contributed by atoms with van der Waals surface area (Å²) in [6.07, 6.45) is 6.52. The zero-order valence-corrected chi connectivity index (χ0v) is 13.6. The number of rotatable bonds is 8. The largest absolute Gasteiger partial charge is 0.328 e. The Labute approximate surface area is 120 Å². The summed E-state index contributed by atoms with van der Waals surface area (Å²) in [5.41, 5.74) is 5.80. The van der Waals surface area contributed by atoms with Crippen LogP contribution in [0.15, 0.2) is 0 Å². The summed E-state index contributed by atoms with van der Waals surface area (Å²) >= 11 is 0. The SMILES string of the molecule is CC(N)CCCC(C)CN(C)CC1CCN(C)CC1. The number of nitrogens with two attached hydrogens (primary N) is 1. The third-order valence-corrected chi connectivity index (χ3v) is 4.39. The van der Waals surface area contributed by atoms with Crippen molar-refractivity contribution in [2.45, 2.75) is 52.0 Å². The van der Waals surface area contributed by atoms with E-state index in [9.17, 15) is 0 Å². The Kier molecular flexibility index (Phi) is 7.96. The highest BCUT2D eigenvalue weighted by Crippen LogP contribution is 2.18. The molecule has 2 unspecified atom stereocenters. The quantitative estimate of drug-likeness (QED) is 0.734. The molecule has 1 fully saturated rings. The summed E-state index contributed by atoms with van der Waals surface area (Å²) in [5.74, 6) is 1.72. The standard InChI is InChI=1S/C16H35N3/c1-14(6-5-7-15(2)17)12-19(4)13-16-8-10-18(3)11-9-16/h14-16H,5-13,17H2,1-4H3. The van der Waals surface area contributed by atoms with Crippen LogP contribution in [0.1, 0.15) is 46.0 Å². The Morgan fingerprint density at radius 2 is 1.84 bits per heavy atom. The maximum absolute atomic E-state index is 5.80. The number of likely N-dealkylation sites (tertiary alicyclic amines) is 1. The number of piperidine rings is 1. The van der Waals surface area contributed by atoms with Crippen molar-refractivity contribution in [2.24, 2.45) is 17.6 Å². The zero-order chi connectivity index (χ0) is 14.3. The van der Waals surface area contributed by atoms with Crippen LogP contribution >= 0.6 is 0 Å². The molecule has 0 aromatic heterocycles. The first kappa shape index (κ1) is 16.9. The molecule has 1 aliphatic heterocycles. The normalized spacial score (nSPS) is 21.8. The van der Waals surface area contributed by atoms with Gasteiger partial charge in [-0.05, 0) is 71.6 Å². The molecule has 0 bridgehead atoms. The minimum atomic E-state index is 0.365. The topological polar surface area (TPSA) is 32.5 Å². The van der Waals surface area contributed by atoms with E-state index in [2.05, 4.69) is 37.7 Å². The van der Waals surface area contributed by atoms with Gasteiger partial charge in [-0.2, -0.15) is 0 Å². The predicted octanol–water partition coefficient (Wildman–Crippen LogP) is 2.41. The van der Waals surface area contributed by atoms with Crippen LogP contribution in [0.2, 0.25) is 0 Å². The lowest BCUT2D eigenvalue weighted by Crippen LogP contribution is -2.37. The molecular formula is C16H35N3. The van der Waals surface area contributed by atoms with Gasteiger partial charge in [0.15, 0.2) is 0 Å². The van der Waals surface area contributed by atoms with E-state index in [1.54, 1.807) is 0 Å². The fourth-order valence-corrected chi connectivity index (χ4v) is 3.17. The van der Waals surface area contributed by atoms with Gasteiger partial charge in [-0.25, -0.2) is 0 Å². The van der Waals surface area contributed by atoms with Crippen molar-refractivity contribution in [1.82, 2.24) is 9.80 Å². The van der Waals surface area contributed by atoms with Crippen LogP contribution in [0, 0.1) is 11.8 Å². The van der Waals surface area contributed by atoms with Gasteiger partial charge in [-0.3, -0.25) is 0 Å². The lowest BCUT2D eigenvalue weighted by molar-refractivity contribution is 0.165. The summed E-state index contributed by atoms with van der Waals surface area (Å²) in [5, 5.41) is 0. The molecule has 0 spiro atoms. The Morgan fingerprint density at radius 1 is 1.21 bits per heavy atom. The Balaban J connectivity index is 2.10. The Bertz CT molecular complexity index is 222. The Hall–Kier alpha value is -0.120. The van der Waals surface area contributed by atoms with Crippen LogP contribution in [-0.2, 0) is 0 Å². The molecule has 1 saturated heterocycles. The fraction of sp³-hybridized carbons (Fsp3) is 1.00. The van der Waals surface area contributed by atoms with Crippen LogP contribution in [0.5, 0.6) is 0 Å². The summed E-state index contributed by atoms with van der Waals surface area (Å²) in [6.45, 7) is 9.57. The fourth-order valence-electron chi connectivity index (χ4n) is 3.17. The van der Waals surface area contributed by atoms with Gasteiger partial charge in [0.25, 0.3) is 0 Å². The molecule has 1 heterocycles. The molecule has 1 rings (SSSR count). The molecule has 0 aromatic carbocycles. The van der Waals surface area contributed by atoms with Crippen LogP contribution in [0.3, 0.4) is 0 Å². The average molecular weight is 269 g/mol. The summed E-state index contributed by atoms with van der Waals surface area (Å²) < 4.78 is 0. The lowest BCUT2D eigenvalue weighted by Gasteiger charge is -2.32. The van der Waals surface area contributed by atoms with Crippen molar-refractivity contribution in [2.75, 3.05) is 40.3 Å². The monoisotopic (exact) mass is 269 g/mol. The third-order valence-electron chi connectivity index (χ3n) is 4.39. The Morgan fingerprint density at radius 3 is 2.42 bits per heavy atom. The zero-order valence-electron chi connectivity index (χ0n) is 13.6. The third kappa shape index (κ3) is 7.91. The van der Waals surface area contributed by atoms with Crippen molar-refractivity contribution < 1.29 is 0 Å². The molecule has 19 heavy (non-hydrogen) atoms. The van der Waals surface area contributed by atoms with Gasteiger partial charge in [0.2, 0.25) is 0 Å². The maximum Gasteiger partial charge on any atom is 0.00104 e. The van der Waals surface area contributed by atoms with Crippen LogP contribution in [0.25, 0.3) is 0 Å². The molecule has 0 aromatic rings. The number of hydrogen-bond acceptors (Lipinski definition) is 3. The maximum atomic E-state index is 5.80. The van der Waals surface area contributed by atoms with Gasteiger partial charge in [0, 0.05) is 19.1 Å². The minimum Gasteiger partial charge on any atom is -0.328 e. The first-order valence-corrected chi connectivity index (χ1v) is 8.10. The summed E-state index contributed by atoms with van der Waals surface area (Å²) in [6, 6.07) is 0.365. The highest BCUT2D eigenvalue weighted by molar-refractivity contribution is 4.73. The molecule has 2 atom stereocenters. The minimum absolute atomic E-state index is 0.365. The van der Waals surface area contributed by atoms with Crippen molar-refractivity contribution in [3.63, 3.8) is 0 Å². The molecule has 0 saturated carbocycles. The molecule has 0 aliphatic carbocycles. The number of nitrogens with zero attached hydrogens (tertiary/aromatic N) is 2. The predicted molar refractivity (Wildman–Crippen MR) is 84.4 cm³/mol. The molecular weight excluding hydrogens is 234 g/mol. The molecule has 2 N–H and O–H groups in total. The van der Waals surface area contributed by atoms with Crippen molar-refractivity contribution in [1.29, 1.82) is 0 Å². The first-order valence-electron chi connectivity index (χ1n) is 8.10. The van der Waals surface area contributed by atoms with Gasteiger partial charge in [0.05, 0.1) is 0 Å². The summed E-state index contributed by atoms with van der Waals surface area (Å²) in [4.78, 5) is 5.00. The first-order chi connectivity index (χ1) is 8.97. The van der Waals surface area contributed by atoms with E-state index < -0.39 is 0 Å². The average Bonchev–Trinajstić information content (AvgIpc) is 2.31. The highest BCUT2D eigenvalue weighted by Gasteiger charge is 2.18. The van der Waals surface area contributed by atoms with Crippen molar-refractivity contribution >= 4 is 0 Å². The van der Waals surface area contributed by atoms with Gasteiger partial charge in [-0.15, -0.1) is 0 Å². The van der Waals surface area contributed by atoms with Gasteiger partial charge >= 0.3 is 0 Å². The molecule has 3 heteroatoms. The van der Waals surface area contributed by atoms with Gasteiger partial charge in [-0.1, -0.05) is 13.3 Å².